The van der Waals surface area contributed by atoms with Gasteiger partial charge in [0, 0.05) is 66.9 Å². The van der Waals surface area contributed by atoms with Gasteiger partial charge < -0.3 is 30.3 Å². The van der Waals surface area contributed by atoms with Crippen LogP contribution in [0.3, 0.4) is 0 Å². The number of aliphatic hydroxyl groups is 2. The number of aromatic nitrogens is 4. The Labute approximate surface area is 288 Å². The molecule has 14 heteroatoms. The van der Waals surface area contributed by atoms with Crippen molar-refractivity contribution >= 4 is 29.1 Å². The van der Waals surface area contributed by atoms with Crippen molar-refractivity contribution in [2.45, 2.75) is 50.5 Å². The van der Waals surface area contributed by atoms with Gasteiger partial charge in [-0.15, -0.1) is 0 Å². The fourth-order valence-electron chi connectivity index (χ4n) is 6.21. The maximum absolute atomic E-state index is 11.5. The number of carbonyl (C=O) groups excluding carboxylic acids is 1. The third-order valence-electron chi connectivity index (χ3n) is 8.69. The number of rotatable bonds is 12. The Morgan fingerprint density at radius 3 is 2.08 bits per heavy atom. The molecule has 2 aromatic carbocycles. The average molecular weight is 695 g/mol. The first kappa shape index (κ1) is 34.0. The Morgan fingerprint density at radius 2 is 1.52 bits per heavy atom. The summed E-state index contributed by atoms with van der Waals surface area (Å²) in [6, 6.07) is 11.2. The third-order valence-corrected chi connectivity index (χ3v) is 9.50. The summed E-state index contributed by atoms with van der Waals surface area (Å²) >= 11 is 14.1. The molecule has 1 amide bonds. The number of hydrogen-bond acceptors (Lipinski definition) is 11. The van der Waals surface area contributed by atoms with Crippen molar-refractivity contribution in [1.29, 1.82) is 0 Å². The summed E-state index contributed by atoms with van der Waals surface area (Å²) in [5.74, 6) is 0.789. The highest BCUT2D eigenvalue weighted by Gasteiger charge is 2.31. The molecular weight excluding hydrogens is 657 g/mol. The van der Waals surface area contributed by atoms with Crippen molar-refractivity contribution in [3.05, 3.63) is 70.2 Å². The topological polar surface area (TPSA) is 155 Å². The minimum Gasteiger partial charge on any atom is -0.480 e. The molecule has 48 heavy (non-hydrogen) atoms. The van der Waals surface area contributed by atoms with Crippen LogP contribution >= 0.6 is 23.2 Å². The summed E-state index contributed by atoms with van der Waals surface area (Å²) in [4.78, 5) is 32.1. The number of methoxy groups -OCH3 is 2. The second-order valence-corrected chi connectivity index (χ2v) is 12.6. The van der Waals surface area contributed by atoms with E-state index in [1.807, 2.05) is 41.3 Å². The summed E-state index contributed by atoms with van der Waals surface area (Å²) < 4.78 is 11.2. The highest BCUT2D eigenvalue weighted by molar-refractivity contribution is 6.39. The minimum absolute atomic E-state index is 0.0523. The number of hydrogen-bond donors (Lipinski definition) is 4. The first-order valence-corrected chi connectivity index (χ1v) is 16.5. The predicted molar refractivity (Wildman–Crippen MR) is 182 cm³/mol. The lowest BCUT2D eigenvalue weighted by Crippen LogP contribution is -2.35. The quantitative estimate of drug-likeness (QED) is 0.171. The molecule has 3 atom stereocenters. The van der Waals surface area contributed by atoms with Crippen molar-refractivity contribution in [3.8, 4) is 45.4 Å². The maximum atomic E-state index is 11.5. The van der Waals surface area contributed by atoms with E-state index in [0.29, 0.717) is 106 Å². The fourth-order valence-corrected chi connectivity index (χ4v) is 6.86. The number of ether oxygens (including phenoxy) is 2. The lowest BCUT2D eigenvalue weighted by molar-refractivity contribution is -0.119. The molecule has 4 heterocycles. The zero-order valence-corrected chi connectivity index (χ0v) is 28.1. The molecule has 2 aliphatic heterocycles. The van der Waals surface area contributed by atoms with Crippen LogP contribution in [-0.2, 0) is 17.9 Å². The van der Waals surface area contributed by atoms with Gasteiger partial charge in [-0.05, 0) is 12.8 Å². The van der Waals surface area contributed by atoms with Gasteiger partial charge in [-0.25, -0.2) is 9.97 Å². The lowest BCUT2D eigenvalue weighted by Gasteiger charge is -2.22. The molecule has 0 radical (unpaired) electrons. The molecule has 12 nitrogen and oxygen atoms in total. The smallest absolute Gasteiger partial charge is 0.237 e. The number of nitrogens with zero attached hydrogens (tertiary/aromatic N) is 5. The lowest BCUT2D eigenvalue weighted by atomic mass is 9.98. The number of aliphatic hydroxyl groups excluding tert-OH is 2. The van der Waals surface area contributed by atoms with Crippen molar-refractivity contribution in [2.24, 2.45) is 0 Å². The van der Waals surface area contributed by atoms with Gasteiger partial charge in [-0.2, -0.15) is 0 Å². The van der Waals surface area contributed by atoms with Gasteiger partial charge in [0.25, 0.3) is 0 Å². The summed E-state index contributed by atoms with van der Waals surface area (Å²) in [6.07, 6.45) is 4.66. The van der Waals surface area contributed by atoms with Gasteiger partial charge in [-0.3, -0.25) is 19.7 Å². The highest BCUT2D eigenvalue weighted by Crippen LogP contribution is 2.42. The molecule has 2 aliphatic rings. The van der Waals surface area contributed by atoms with Crippen LogP contribution in [0.2, 0.25) is 10.0 Å². The Kier molecular flexibility index (Phi) is 10.7. The largest absolute Gasteiger partial charge is 0.480 e. The van der Waals surface area contributed by atoms with Gasteiger partial charge in [0.1, 0.15) is 11.4 Å². The maximum Gasteiger partial charge on any atom is 0.237 e. The van der Waals surface area contributed by atoms with Crippen LogP contribution in [0.15, 0.2) is 48.8 Å². The zero-order valence-electron chi connectivity index (χ0n) is 26.6. The van der Waals surface area contributed by atoms with Crippen LogP contribution in [0.5, 0.6) is 11.8 Å². The molecule has 4 aromatic rings. The van der Waals surface area contributed by atoms with Crippen molar-refractivity contribution in [2.75, 3.05) is 33.9 Å². The average Bonchev–Trinajstić information content (AvgIpc) is 3.68. The van der Waals surface area contributed by atoms with E-state index >= 15 is 0 Å². The first-order chi connectivity index (χ1) is 23.3. The second-order valence-electron chi connectivity index (χ2n) is 11.8. The van der Waals surface area contributed by atoms with E-state index in [1.54, 1.807) is 19.5 Å². The van der Waals surface area contributed by atoms with Gasteiger partial charge in [0.15, 0.2) is 0 Å². The Bertz CT molecular complexity index is 1800. The molecule has 2 saturated heterocycles. The van der Waals surface area contributed by atoms with Crippen molar-refractivity contribution in [3.63, 3.8) is 0 Å². The summed E-state index contributed by atoms with van der Waals surface area (Å²) in [5.41, 5.74) is 5.00. The number of amides is 1. The molecule has 252 valence electrons. The van der Waals surface area contributed by atoms with E-state index in [-0.39, 0.29) is 24.6 Å². The molecule has 4 N–H and O–H groups in total. The van der Waals surface area contributed by atoms with Crippen LogP contribution < -0.4 is 20.1 Å². The number of halogens is 2. The van der Waals surface area contributed by atoms with Crippen LogP contribution in [0.25, 0.3) is 33.6 Å². The standard InChI is InChI=1S/C34H37Cl2N7O5/c1-47-33-28(13-37-12-19-9-10-30(46)40-19)38-14-26(41-33)24-7-3-5-22(31(24)35)23-6-4-8-25(32(23)36)27-15-39-29(34(42-27)48-2)17-43-16-21(45)11-20(43)18-44/h3-8,14-15,19-21,37,44-45H,9-13,16-18H2,1-2H3,(H,40,46)/t19-,20-,21+/m0/s1. The molecule has 0 aliphatic carbocycles. The van der Waals surface area contributed by atoms with E-state index in [4.69, 9.17) is 42.6 Å². The number of β-amino-alcohol motifs (C(OH)–C–C–N with tert-alkyl or cyclic N) is 1. The monoisotopic (exact) mass is 693 g/mol. The van der Waals surface area contributed by atoms with Gasteiger partial charge in [-0.1, -0.05) is 59.6 Å². The number of benzene rings is 2. The molecule has 0 bridgehead atoms. The summed E-state index contributed by atoms with van der Waals surface area (Å²) in [6.45, 7) is 1.82. The first-order valence-electron chi connectivity index (χ1n) is 15.7. The molecule has 0 spiro atoms. The molecule has 2 aromatic heterocycles. The normalized spacial score (nSPS) is 19.5. The van der Waals surface area contributed by atoms with E-state index in [1.165, 1.54) is 7.11 Å². The minimum atomic E-state index is -0.498. The van der Waals surface area contributed by atoms with Crippen LogP contribution in [0.4, 0.5) is 0 Å². The van der Waals surface area contributed by atoms with Crippen molar-refractivity contribution in [1.82, 2.24) is 35.5 Å². The number of carbonyl (C=O) groups is 1. The van der Waals surface area contributed by atoms with Crippen LogP contribution in [-0.4, -0.2) is 93.1 Å². The molecule has 0 unspecified atom stereocenters. The van der Waals surface area contributed by atoms with Gasteiger partial charge in [0.2, 0.25) is 17.7 Å². The highest BCUT2D eigenvalue weighted by atomic mass is 35.5. The van der Waals surface area contributed by atoms with Crippen LogP contribution in [0.1, 0.15) is 30.7 Å². The van der Waals surface area contributed by atoms with Gasteiger partial charge >= 0.3 is 0 Å². The van der Waals surface area contributed by atoms with Crippen LogP contribution in [0, 0.1) is 0 Å². The number of likely N-dealkylation sites (tertiary alicyclic amines) is 1. The SMILES string of the molecule is COc1nc(-c2cccc(-c3cccc(-c4cnc(CN5C[C@H](O)C[C@H]5CO)c(OC)n4)c3Cl)c2Cl)cnc1CNC[C@@H]1CCC(=O)N1. The molecule has 2 fully saturated rings. The summed E-state index contributed by atoms with van der Waals surface area (Å²) in [5, 5.41) is 27.0. The van der Waals surface area contributed by atoms with E-state index in [9.17, 15) is 15.0 Å². The second kappa shape index (κ2) is 15.1. The Hall–Kier alpha value is -3.91. The Balaban J connectivity index is 1.24. The van der Waals surface area contributed by atoms with E-state index < -0.39 is 6.10 Å². The summed E-state index contributed by atoms with van der Waals surface area (Å²) in [7, 11) is 3.08. The van der Waals surface area contributed by atoms with E-state index in [2.05, 4.69) is 20.6 Å². The van der Waals surface area contributed by atoms with Gasteiger partial charge in [0.05, 0.1) is 60.8 Å². The molecule has 0 saturated carbocycles. The molecular formula is C34H37Cl2N7O5. The Morgan fingerprint density at radius 1 is 0.938 bits per heavy atom. The zero-order chi connectivity index (χ0) is 33.8. The fraction of sp³-hybridized carbons (Fsp3) is 0.382. The number of nitrogens with one attached hydrogen (secondary N) is 2. The van der Waals surface area contributed by atoms with E-state index in [0.717, 1.165) is 6.42 Å². The predicted octanol–water partition coefficient (Wildman–Crippen LogP) is 3.89. The third kappa shape index (κ3) is 7.24. The van der Waals surface area contributed by atoms with Crippen molar-refractivity contribution < 1.29 is 24.5 Å². The molecule has 6 rings (SSSR count).